The van der Waals surface area contributed by atoms with E-state index in [4.69, 9.17) is 9.47 Å². The van der Waals surface area contributed by atoms with Crippen LogP contribution in [0.15, 0.2) is 30.3 Å². The molecule has 0 unspecified atom stereocenters. The van der Waals surface area contributed by atoms with Crippen LogP contribution < -0.4 is 10.6 Å². The molecule has 3 aliphatic rings. The van der Waals surface area contributed by atoms with Gasteiger partial charge in [0.1, 0.15) is 29.7 Å². The quantitative estimate of drug-likeness (QED) is 0.234. The number of benzene rings is 2. The largest absolute Gasteiger partial charge is 0.479 e. The molecular formula is C27H29F3IN3O8. The van der Waals surface area contributed by atoms with Gasteiger partial charge in [-0.2, -0.15) is 0 Å². The number of carboxylic acids is 1. The number of ether oxygens (including phenoxy) is 2. The Morgan fingerprint density at radius 1 is 1.05 bits per heavy atom. The van der Waals surface area contributed by atoms with Crippen molar-refractivity contribution in [1.29, 1.82) is 0 Å². The maximum absolute atomic E-state index is 15.0. The van der Waals surface area contributed by atoms with E-state index in [1.165, 1.54) is 17.0 Å². The number of carbonyl (C=O) groups excluding carboxylic acids is 1. The van der Waals surface area contributed by atoms with Gasteiger partial charge in [-0.25, -0.2) is 18.0 Å². The molecule has 3 saturated heterocycles. The van der Waals surface area contributed by atoms with Gasteiger partial charge in [-0.3, -0.25) is 4.79 Å². The standard InChI is InChI=1S/C27H29F3IN3O8/c28-14-6-5-13(19(18(14)30)33-16-7-4-12(31)9-15(16)29)24(38)34-10-27(11-34,17-3-1-2-8-32-17)42-26-22(37)20(35)21(36)23(41-26)25(39)40/h4-7,9,17,20-23,26,32-33,35-37H,1-3,8,10-11H2,(H,39,40)/t17-,20-,21-,22+,23-,26-/m0/s1. The smallest absolute Gasteiger partial charge is 0.335 e. The van der Waals surface area contributed by atoms with Gasteiger partial charge in [0.05, 0.1) is 30.0 Å². The molecular weight excluding hydrogens is 678 g/mol. The van der Waals surface area contributed by atoms with Gasteiger partial charge in [0.25, 0.3) is 5.91 Å². The van der Waals surface area contributed by atoms with Crippen molar-refractivity contribution in [3.63, 3.8) is 0 Å². The van der Waals surface area contributed by atoms with E-state index in [0.29, 0.717) is 16.5 Å². The van der Waals surface area contributed by atoms with Gasteiger partial charge < -0.3 is 45.4 Å². The number of amides is 1. The number of anilines is 2. The summed E-state index contributed by atoms with van der Waals surface area (Å²) in [6.07, 6.45) is -6.83. The molecule has 3 fully saturated rings. The van der Waals surface area contributed by atoms with Crippen LogP contribution in [-0.4, -0.2) is 99.2 Å². The fraction of sp³-hybridized carbons (Fsp3) is 0.481. The van der Waals surface area contributed by atoms with E-state index < -0.39 is 71.3 Å². The van der Waals surface area contributed by atoms with Crippen molar-refractivity contribution >= 4 is 45.8 Å². The zero-order valence-electron chi connectivity index (χ0n) is 22.0. The molecule has 2 aromatic rings. The lowest BCUT2D eigenvalue weighted by molar-refractivity contribution is -0.336. The van der Waals surface area contributed by atoms with Crippen molar-refractivity contribution in [2.24, 2.45) is 0 Å². The lowest BCUT2D eigenvalue weighted by Gasteiger charge is -2.56. The highest BCUT2D eigenvalue weighted by Crippen LogP contribution is 2.39. The topological polar surface area (TPSA) is 161 Å². The van der Waals surface area contributed by atoms with Crippen LogP contribution in [0.5, 0.6) is 0 Å². The Labute approximate surface area is 251 Å². The van der Waals surface area contributed by atoms with Crippen LogP contribution in [0.1, 0.15) is 29.6 Å². The Bertz CT molecular complexity index is 1360. The molecule has 0 spiro atoms. The van der Waals surface area contributed by atoms with E-state index in [-0.39, 0.29) is 30.4 Å². The molecule has 5 rings (SSSR count). The number of nitrogens with zero attached hydrogens (tertiary/aromatic N) is 1. The molecule has 6 N–H and O–H groups in total. The summed E-state index contributed by atoms with van der Waals surface area (Å²) in [7, 11) is 0. The third kappa shape index (κ3) is 5.82. The molecule has 2 aromatic carbocycles. The summed E-state index contributed by atoms with van der Waals surface area (Å²) in [5, 5.41) is 46.0. The van der Waals surface area contributed by atoms with Crippen LogP contribution in [0.4, 0.5) is 24.5 Å². The number of rotatable bonds is 7. The first-order valence-corrected chi connectivity index (χ1v) is 14.3. The zero-order valence-corrected chi connectivity index (χ0v) is 24.1. The van der Waals surface area contributed by atoms with E-state index >= 15 is 0 Å². The Morgan fingerprint density at radius 3 is 2.43 bits per heavy atom. The Balaban J connectivity index is 1.40. The fourth-order valence-corrected chi connectivity index (χ4v) is 6.00. The van der Waals surface area contributed by atoms with Gasteiger partial charge in [-0.15, -0.1) is 0 Å². The van der Waals surface area contributed by atoms with E-state index in [2.05, 4.69) is 10.6 Å². The highest BCUT2D eigenvalue weighted by Gasteiger charge is 2.57. The lowest BCUT2D eigenvalue weighted by atomic mass is 9.80. The molecule has 0 aromatic heterocycles. The highest BCUT2D eigenvalue weighted by atomic mass is 127. The maximum Gasteiger partial charge on any atom is 0.335 e. The average molecular weight is 707 g/mol. The van der Waals surface area contributed by atoms with Crippen molar-refractivity contribution in [1.82, 2.24) is 10.2 Å². The Morgan fingerprint density at radius 2 is 1.79 bits per heavy atom. The van der Waals surface area contributed by atoms with Gasteiger partial charge in [0.15, 0.2) is 24.0 Å². The van der Waals surface area contributed by atoms with Gasteiger partial charge in [-0.1, -0.05) is 6.42 Å². The molecule has 0 bridgehead atoms. The number of carboxylic acid groups (broad SMARTS) is 1. The monoisotopic (exact) mass is 707 g/mol. The molecule has 0 aliphatic carbocycles. The number of aliphatic hydroxyl groups is 3. The number of hydrogen-bond acceptors (Lipinski definition) is 9. The minimum atomic E-state index is -1.90. The molecule has 0 saturated carbocycles. The second-order valence-corrected chi connectivity index (χ2v) is 11.9. The number of piperidine rings is 1. The molecule has 1 amide bonds. The van der Waals surface area contributed by atoms with Crippen LogP contribution in [0, 0.1) is 21.0 Å². The SMILES string of the molecule is O=C(O)[C@H]1O[C@@H](OC2([C@@H]3CCCCN3)CN(C(=O)c3ccc(F)c(F)c3Nc3ccc(I)cc3F)C2)[C@H](O)[C@@H](O)[C@@H]1O. The molecule has 11 nitrogen and oxygen atoms in total. The van der Waals surface area contributed by atoms with Crippen LogP contribution in [0.2, 0.25) is 0 Å². The van der Waals surface area contributed by atoms with Gasteiger partial charge in [0.2, 0.25) is 0 Å². The summed E-state index contributed by atoms with van der Waals surface area (Å²) in [6, 6.07) is 5.56. The number of nitrogens with one attached hydrogen (secondary N) is 2. The molecule has 42 heavy (non-hydrogen) atoms. The first kappa shape index (κ1) is 30.9. The highest BCUT2D eigenvalue weighted by molar-refractivity contribution is 14.1. The van der Waals surface area contributed by atoms with E-state index in [0.717, 1.165) is 25.0 Å². The number of aliphatic hydroxyl groups excluding tert-OH is 3. The second kappa shape index (κ2) is 12.2. The normalized spacial score (nSPS) is 29.1. The Kier molecular flexibility index (Phi) is 8.99. The number of carbonyl (C=O) groups is 2. The minimum Gasteiger partial charge on any atom is -0.479 e. The summed E-state index contributed by atoms with van der Waals surface area (Å²) < 4.78 is 55.7. The Hall–Kier alpha value is -2.54. The van der Waals surface area contributed by atoms with Crippen LogP contribution >= 0.6 is 22.6 Å². The maximum atomic E-state index is 15.0. The van der Waals surface area contributed by atoms with E-state index in [1.807, 2.05) is 22.6 Å². The van der Waals surface area contributed by atoms with Crippen molar-refractivity contribution in [2.45, 2.75) is 61.6 Å². The molecule has 228 valence electrons. The number of likely N-dealkylation sites (tertiary alicyclic amines) is 1. The molecule has 3 aliphatic heterocycles. The predicted octanol–water partition coefficient (Wildman–Crippen LogP) is 1.70. The molecule has 3 heterocycles. The summed E-state index contributed by atoms with van der Waals surface area (Å²) in [5.74, 6) is -5.64. The molecule has 6 atom stereocenters. The summed E-state index contributed by atoms with van der Waals surface area (Å²) in [6.45, 7) is 0.376. The molecule has 15 heteroatoms. The lowest BCUT2D eigenvalue weighted by Crippen LogP contribution is -2.75. The third-order valence-electron chi connectivity index (χ3n) is 7.83. The first-order chi connectivity index (χ1) is 19.9. The second-order valence-electron chi connectivity index (χ2n) is 10.6. The number of aliphatic carboxylic acids is 1. The predicted molar refractivity (Wildman–Crippen MR) is 148 cm³/mol. The van der Waals surface area contributed by atoms with Crippen molar-refractivity contribution < 1.29 is 52.7 Å². The van der Waals surface area contributed by atoms with Crippen LogP contribution in [-0.2, 0) is 14.3 Å². The van der Waals surface area contributed by atoms with Gasteiger partial charge >= 0.3 is 5.97 Å². The number of hydrogen-bond donors (Lipinski definition) is 6. The molecule has 0 radical (unpaired) electrons. The van der Waals surface area contributed by atoms with Crippen molar-refractivity contribution in [3.05, 3.63) is 56.9 Å². The minimum absolute atomic E-state index is 0.122. The van der Waals surface area contributed by atoms with Crippen molar-refractivity contribution in [2.75, 3.05) is 25.0 Å². The zero-order chi connectivity index (χ0) is 30.3. The average Bonchev–Trinajstić information content (AvgIpc) is 2.94. The van der Waals surface area contributed by atoms with Gasteiger partial charge in [0, 0.05) is 9.61 Å². The van der Waals surface area contributed by atoms with Crippen LogP contribution in [0.3, 0.4) is 0 Å². The fourth-order valence-electron chi connectivity index (χ4n) is 5.55. The third-order valence-corrected chi connectivity index (χ3v) is 8.50. The van der Waals surface area contributed by atoms with E-state index in [1.54, 1.807) is 6.07 Å². The van der Waals surface area contributed by atoms with Crippen LogP contribution in [0.25, 0.3) is 0 Å². The number of halogens is 4. The summed E-state index contributed by atoms with van der Waals surface area (Å²) in [4.78, 5) is 26.5. The summed E-state index contributed by atoms with van der Waals surface area (Å²) in [5.41, 5.74) is -2.21. The van der Waals surface area contributed by atoms with Crippen molar-refractivity contribution in [3.8, 4) is 0 Å². The first-order valence-electron chi connectivity index (χ1n) is 13.2. The van der Waals surface area contributed by atoms with Gasteiger partial charge in [-0.05, 0) is 72.3 Å². The summed E-state index contributed by atoms with van der Waals surface area (Å²) >= 11 is 1.89. The van der Waals surface area contributed by atoms with E-state index in [9.17, 15) is 43.2 Å².